The van der Waals surface area contributed by atoms with Gasteiger partial charge in [0.15, 0.2) is 0 Å². The molecule has 0 N–H and O–H groups in total. The average Bonchev–Trinajstić information content (AvgIpc) is 2.48. The van der Waals surface area contributed by atoms with Crippen molar-refractivity contribution >= 4 is 17.6 Å². The molecule has 0 atom stereocenters. The SMILES string of the molecule is CCOC(=O)CCN(CCC(=O)OCC)c1cccc(C)c1. The molecule has 0 radical (unpaired) electrons. The van der Waals surface area contributed by atoms with Crippen LogP contribution in [0.15, 0.2) is 24.3 Å². The van der Waals surface area contributed by atoms with Gasteiger partial charge in [0.05, 0.1) is 26.1 Å². The number of aryl methyl sites for hydroxylation is 1. The fraction of sp³-hybridized carbons (Fsp3) is 0.529. The number of hydrogen-bond acceptors (Lipinski definition) is 5. The molecule has 0 unspecified atom stereocenters. The third kappa shape index (κ3) is 6.61. The highest BCUT2D eigenvalue weighted by molar-refractivity contribution is 5.71. The lowest BCUT2D eigenvalue weighted by Gasteiger charge is -2.24. The number of benzene rings is 1. The molecule has 0 aromatic heterocycles. The fourth-order valence-electron chi connectivity index (χ4n) is 2.11. The second kappa shape index (κ2) is 9.82. The molecule has 0 saturated carbocycles. The predicted octanol–water partition coefficient (Wildman–Crippen LogP) is 2.71. The number of carbonyl (C=O) groups is 2. The van der Waals surface area contributed by atoms with Crippen LogP contribution in [0.1, 0.15) is 32.3 Å². The predicted molar refractivity (Wildman–Crippen MR) is 85.9 cm³/mol. The van der Waals surface area contributed by atoms with Gasteiger partial charge in [-0.15, -0.1) is 0 Å². The van der Waals surface area contributed by atoms with Gasteiger partial charge < -0.3 is 14.4 Å². The molecule has 0 bridgehead atoms. The van der Waals surface area contributed by atoms with E-state index in [2.05, 4.69) is 0 Å². The minimum Gasteiger partial charge on any atom is -0.466 e. The van der Waals surface area contributed by atoms with Crippen LogP contribution in [-0.4, -0.2) is 38.2 Å². The Kier molecular flexibility index (Phi) is 8.04. The summed E-state index contributed by atoms with van der Waals surface area (Å²) in [5.41, 5.74) is 2.13. The number of rotatable bonds is 9. The molecule has 1 aromatic carbocycles. The number of ether oxygens (including phenoxy) is 2. The molecule has 22 heavy (non-hydrogen) atoms. The Morgan fingerprint density at radius 2 is 1.55 bits per heavy atom. The van der Waals surface area contributed by atoms with Gasteiger partial charge in [0.1, 0.15) is 0 Å². The number of esters is 2. The third-order valence-corrected chi connectivity index (χ3v) is 3.15. The number of hydrogen-bond donors (Lipinski definition) is 0. The van der Waals surface area contributed by atoms with Crippen LogP contribution >= 0.6 is 0 Å². The number of nitrogens with zero attached hydrogens (tertiary/aromatic N) is 1. The van der Waals surface area contributed by atoms with E-state index in [1.54, 1.807) is 13.8 Å². The number of anilines is 1. The van der Waals surface area contributed by atoms with Crippen LogP contribution in [0.5, 0.6) is 0 Å². The molecular formula is C17H25NO4. The van der Waals surface area contributed by atoms with E-state index in [1.165, 1.54) is 0 Å². The molecule has 1 rings (SSSR count). The van der Waals surface area contributed by atoms with Crippen LogP contribution in [0, 0.1) is 6.92 Å². The monoisotopic (exact) mass is 307 g/mol. The molecular weight excluding hydrogens is 282 g/mol. The highest BCUT2D eigenvalue weighted by Crippen LogP contribution is 2.17. The van der Waals surface area contributed by atoms with Gasteiger partial charge >= 0.3 is 11.9 Å². The zero-order valence-corrected chi connectivity index (χ0v) is 13.6. The van der Waals surface area contributed by atoms with E-state index >= 15 is 0 Å². The van der Waals surface area contributed by atoms with Crippen LogP contribution in [-0.2, 0) is 19.1 Å². The quantitative estimate of drug-likeness (QED) is 0.657. The van der Waals surface area contributed by atoms with Gasteiger partial charge in [0.2, 0.25) is 0 Å². The van der Waals surface area contributed by atoms with E-state index in [4.69, 9.17) is 9.47 Å². The van der Waals surface area contributed by atoms with Gasteiger partial charge in [-0.05, 0) is 38.5 Å². The normalized spacial score (nSPS) is 10.1. The fourth-order valence-corrected chi connectivity index (χ4v) is 2.11. The first-order valence-electron chi connectivity index (χ1n) is 7.69. The Hall–Kier alpha value is -2.04. The van der Waals surface area contributed by atoms with Gasteiger partial charge in [-0.2, -0.15) is 0 Å². The van der Waals surface area contributed by atoms with E-state index in [1.807, 2.05) is 36.1 Å². The summed E-state index contributed by atoms with van der Waals surface area (Å²) in [7, 11) is 0. The topological polar surface area (TPSA) is 55.8 Å². The molecule has 0 amide bonds. The van der Waals surface area contributed by atoms with Crippen molar-refractivity contribution in [3.63, 3.8) is 0 Å². The van der Waals surface area contributed by atoms with Crippen LogP contribution in [0.25, 0.3) is 0 Å². The summed E-state index contributed by atoms with van der Waals surface area (Å²) in [6.45, 7) is 7.38. The van der Waals surface area contributed by atoms with Crippen molar-refractivity contribution in [3.8, 4) is 0 Å². The second-order valence-electron chi connectivity index (χ2n) is 4.94. The Morgan fingerprint density at radius 1 is 1.00 bits per heavy atom. The summed E-state index contributed by atoms with van der Waals surface area (Å²) in [6, 6.07) is 7.99. The van der Waals surface area contributed by atoms with Crippen LogP contribution in [0.3, 0.4) is 0 Å². The summed E-state index contributed by atoms with van der Waals surface area (Å²) >= 11 is 0. The standard InChI is InChI=1S/C17H25NO4/c1-4-21-16(19)9-11-18(12-10-17(20)22-5-2)15-8-6-7-14(3)13-15/h6-8,13H,4-5,9-12H2,1-3H3. The van der Waals surface area contributed by atoms with Crippen molar-refractivity contribution < 1.29 is 19.1 Å². The molecule has 0 heterocycles. The van der Waals surface area contributed by atoms with Crippen LogP contribution in [0.4, 0.5) is 5.69 Å². The first-order valence-corrected chi connectivity index (χ1v) is 7.69. The van der Waals surface area contributed by atoms with Gasteiger partial charge in [-0.3, -0.25) is 9.59 Å². The highest BCUT2D eigenvalue weighted by atomic mass is 16.5. The minimum atomic E-state index is -0.226. The van der Waals surface area contributed by atoms with E-state index < -0.39 is 0 Å². The van der Waals surface area contributed by atoms with E-state index in [-0.39, 0.29) is 11.9 Å². The Bertz CT molecular complexity index is 465. The van der Waals surface area contributed by atoms with E-state index in [0.717, 1.165) is 11.3 Å². The van der Waals surface area contributed by atoms with Crippen molar-refractivity contribution in [3.05, 3.63) is 29.8 Å². The summed E-state index contributed by atoms with van der Waals surface area (Å²) < 4.78 is 9.92. The zero-order valence-electron chi connectivity index (χ0n) is 13.6. The molecule has 0 aliphatic rings. The van der Waals surface area contributed by atoms with E-state index in [9.17, 15) is 9.59 Å². The first kappa shape index (κ1) is 18.0. The summed E-state index contributed by atoms with van der Waals surface area (Å²) in [6.07, 6.45) is 0.592. The van der Waals surface area contributed by atoms with Crippen molar-refractivity contribution in [2.75, 3.05) is 31.2 Å². The van der Waals surface area contributed by atoms with Crippen molar-refractivity contribution in [1.29, 1.82) is 0 Å². The smallest absolute Gasteiger partial charge is 0.307 e. The van der Waals surface area contributed by atoms with E-state index in [0.29, 0.717) is 39.1 Å². The molecule has 1 aromatic rings. The molecule has 0 fully saturated rings. The highest BCUT2D eigenvalue weighted by Gasteiger charge is 2.12. The molecule has 0 aliphatic heterocycles. The maximum Gasteiger partial charge on any atom is 0.307 e. The maximum absolute atomic E-state index is 11.5. The lowest BCUT2D eigenvalue weighted by atomic mass is 10.2. The zero-order chi connectivity index (χ0) is 16.4. The van der Waals surface area contributed by atoms with Gasteiger partial charge in [-0.25, -0.2) is 0 Å². The average molecular weight is 307 g/mol. The summed E-state index contributed by atoms with van der Waals surface area (Å²) in [5, 5.41) is 0. The third-order valence-electron chi connectivity index (χ3n) is 3.15. The van der Waals surface area contributed by atoms with Crippen molar-refractivity contribution in [2.24, 2.45) is 0 Å². The Labute approximate surface area is 132 Å². The largest absolute Gasteiger partial charge is 0.466 e. The van der Waals surface area contributed by atoms with Crippen LogP contribution in [0.2, 0.25) is 0 Å². The van der Waals surface area contributed by atoms with Gasteiger partial charge in [-0.1, -0.05) is 12.1 Å². The lowest BCUT2D eigenvalue weighted by molar-refractivity contribution is -0.143. The van der Waals surface area contributed by atoms with Crippen molar-refractivity contribution in [1.82, 2.24) is 0 Å². The summed E-state index contributed by atoms with van der Waals surface area (Å²) in [4.78, 5) is 25.1. The van der Waals surface area contributed by atoms with Crippen LogP contribution < -0.4 is 4.90 Å². The lowest BCUT2D eigenvalue weighted by Crippen LogP contribution is -2.29. The Balaban J connectivity index is 2.68. The van der Waals surface area contributed by atoms with Gasteiger partial charge in [0, 0.05) is 18.8 Å². The Morgan fingerprint density at radius 3 is 2.00 bits per heavy atom. The molecule has 0 aliphatic carbocycles. The molecule has 5 nitrogen and oxygen atoms in total. The minimum absolute atomic E-state index is 0.226. The molecule has 122 valence electrons. The molecule has 5 heteroatoms. The first-order chi connectivity index (χ1) is 10.6. The molecule has 0 spiro atoms. The second-order valence-corrected chi connectivity index (χ2v) is 4.94. The molecule has 0 saturated heterocycles. The summed E-state index contributed by atoms with van der Waals surface area (Å²) in [5.74, 6) is -0.451. The maximum atomic E-state index is 11.5. The number of carbonyl (C=O) groups excluding carboxylic acids is 2. The van der Waals surface area contributed by atoms with Gasteiger partial charge in [0.25, 0.3) is 0 Å². The van der Waals surface area contributed by atoms with Crippen molar-refractivity contribution in [2.45, 2.75) is 33.6 Å².